The van der Waals surface area contributed by atoms with Crippen molar-refractivity contribution in [1.29, 1.82) is 0 Å². The largest absolute Gasteiger partial charge is 0.306 e. The maximum atomic E-state index is 12.3. The molecule has 0 saturated carbocycles. The topological polar surface area (TPSA) is 67.8 Å². The summed E-state index contributed by atoms with van der Waals surface area (Å²) in [6.45, 7) is 0. The minimum Gasteiger partial charge on any atom is -0.306 e. The number of hydrogen-bond acceptors (Lipinski definition) is 4. The van der Waals surface area contributed by atoms with Crippen molar-refractivity contribution in [3.8, 4) is 0 Å². The van der Waals surface area contributed by atoms with Gasteiger partial charge in [-0.2, -0.15) is 0 Å². The van der Waals surface area contributed by atoms with Crippen LogP contribution in [0.15, 0.2) is 61.1 Å². The number of aromatic nitrogens is 3. The van der Waals surface area contributed by atoms with Crippen molar-refractivity contribution in [2.45, 2.75) is 6.42 Å². The van der Waals surface area contributed by atoms with Gasteiger partial charge in [-0.05, 0) is 30.3 Å². The predicted molar refractivity (Wildman–Crippen MR) is 96.5 cm³/mol. The van der Waals surface area contributed by atoms with Gasteiger partial charge in [0.05, 0.1) is 22.0 Å². The van der Waals surface area contributed by atoms with Gasteiger partial charge in [-0.3, -0.25) is 14.8 Å². The van der Waals surface area contributed by atoms with Crippen LogP contribution in [0.3, 0.4) is 0 Å². The van der Waals surface area contributed by atoms with Crippen LogP contribution in [-0.4, -0.2) is 20.9 Å². The zero-order valence-corrected chi connectivity index (χ0v) is 13.9. The normalized spacial score (nSPS) is 12.4. The van der Waals surface area contributed by atoms with E-state index in [1.165, 1.54) is 6.20 Å². The van der Waals surface area contributed by atoms with E-state index in [4.69, 9.17) is 11.6 Å². The summed E-state index contributed by atoms with van der Waals surface area (Å²) in [4.78, 5) is 25.1. The monoisotopic (exact) mass is 348 g/mol. The number of allylic oxidation sites excluding steroid dienone is 1. The average Bonchev–Trinajstić information content (AvgIpc) is 3.05. The summed E-state index contributed by atoms with van der Waals surface area (Å²) >= 11 is 6.07. The highest BCUT2D eigenvalue weighted by Gasteiger charge is 2.18. The standard InChI is InChI=1S/C19H13ClN4O/c20-13-9-15-14(6-7-16(15)22-11-13)17-4-1-5-18(23-17)24-19(25)12-3-2-8-21-10-12/h1-6,8-11H,7H2,(H,23,24,25). The summed E-state index contributed by atoms with van der Waals surface area (Å²) in [5, 5.41) is 3.39. The molecule has 0 bridgehead atoms. The fraction of sp³-hybridized carbons (Fsp3) is 0.0526. The molecule has 122 valence electrons. The first-order valence-electron chi connectivity index (χ1n) is 7.74. The molecule has 3 heterocycles. The Balaban J connectivity index is 1.61. The van der Waals surface area contributed by atoms with Crippen LogP contribution < -0.4 is 5.32 Å². The van der Waals surface area contributed by atoms with E-state index in [9.17, 15) is 4.79 Å². The van der Waals surface area contributed by atoms with Crippen LogP contribution in [0.5, 0.6) is 0 Å². The van der Waals surface area contributed by atoms with Gasteiger partial charge in [-0.15, -0.1) is 0 Å². The summed E-state index contributed by atoms with van der Waals surface area (Å²) in [6, 6.07) is 10.8. The highest BCUT2D eigenvalue weighted by molar-refractivity contribution is 6.30. The molecule has 6 heteroatoms. The van der Waals surface area contributed by atoms with Gasteiger partial charge in [0.2, 0.25) is 0 Å². The summed E-state index contributed by atoms with van der Waals surface area (Å²) in [5.41, 5.74) is 4.19. The van der Waals surface area contributed by atoms with E-state index in [1.54, 1.807) is 30.6 Å². The second-order valence-corrected chi connectivity index (χ2v) is 6.01. The molecule has 1 N–H and O–H groups in total. The Morgan fingerprint density at radius 2 is 2.08 bits per heavy atom. The van der Waals surface area contributed by atoms with Gasteiger partial charge < -0.3 is 5.32 Å². The lowest BCUT2D eigenvalue weighted by Crippen LogP contribution is -2.13. The number of carbonyl (C=O) groups is 1. The Hall–Kier alpha value is -3.05. The van der Waals surface area contributed by atoms with Crippen LogP contribution in [0.25, 0.3) is 5.57 Å². The summed E-state index contributed by atoms with van der Waals surface area (Å²) in [7, 11) is 0. The molecule has 0 atom stereocenters. The Morgan fingerprint density at radius 1 is 1.16 bits per heavy atom. The predicted octanol–water partition coefficient (Wildman–Crippen LogP) is 3.77. The minimum atomic E-state index is -0.247. The number of fused-ring (bicyclic) bond motifs is 1. The second-order valence-electron chi connectivity index (χ2n) is 5.57. The first-order chi connectivity index (χ1) is 12.2. The molecule has 0 fully saturated rings. The van der Waals surface area contributed by atoms with Gasteiger partial charge in [-0.25, -0.2) is 4.98 Å². The van der Waals surface area contributed by atoms with Crippen molar-refractivity contribution >= 4 is 28.9 Å². The quantitative estimate of drug-likeness (QED) is 0.782. The Kier molecular flexibility index (Phi) is 3.99. The number of carbonyl (C=O) groups excluding carboxylic acids is 1. The molecule has 1 aliphatic carbocycles. The third kappa shape index (κ3) is 3.14. The molecule has 1 amide bonds. The van der Waals surface area contributed by atoms with E-state index in [2.05, 4.69) is 26.3 Å². The number of pyridine rings is 3. The fourth-order valence-corrected chi connectivity index (χ4v) is 2.91. The lowest BCUT2D eigenvalue weighted by Gasteiger charge is -2.09. The molecule has 1 aliphatic rings. The van der Waals surface area contributed by atoms with Crippen LogP contribution in [-0.2, 0) is 6.42 Å². The number of hydrogen-bond donors (Lipinski definition) is 1. The fourth-order valence-electron chi connectivity index (χ4n) is 2.75. The van der Waals surface area contributed by atoms with Crippen molar-refractivity contribution in [1.82, 2.24) is 15.0 Å². The summed E-state index contributed by atoms with van der Waals surface area (Å²) in [5.74, 6) is 0.235. The molecule has 0 aromatic carbocycles. The first kappa shape index (κ1) is 15.5. The van der Waals surface area contributed by atoms with E-state index in [0.29, 0.717) is 16.4 Å². The SMILES string of the molecule is O=C(Nc1cccc(C2=CCc3ncc(Cl)cc32)n1)c1cccnc1. The Labute approximate surface area is 149 Å². The van der Waals surface area contributed by atoms with E-state index >= 15 is 0 Å². The number of halogens is 1. The zero-order valence-electron chi connectivity index (χ0n) is 13.1. The van der Waals surface area contributed by atoms with Crippen LogP contribution in [0.2, 0.25) is 5.02 Å². The van der Waals surface area contributed by atoms with E-state index in [1.807, 2.05) is 18.2 Å². The van der Waals surface area contributed by atoms with Gasteiger partial charge >= 0.3 is 0 Å². The highest BCUT2D eigenvalue weighted by Crippen LogP contribution is 2.32. The number of rotatable bonds is 3. The maximum Gasteiger partial charge on any atom is 0.258 e. The molecule has 0 unspecified atom stereocenters. The lowest BCUT2D eigenvalue weighted by molar-refractivity contribution is 0.102. The number of anilines is 1. The number of amides is 1. The van der Waals surface area contributed by atoms with Crippen LogP contribution in [0.1, 0.15) is 27.3 Å². The molecule has 3 aromatic rings. The molecule has 0 radical (unpaired) electrons. The molecular formula is C19H13ClN4O. The van der Waals surface area contributed by atoms with E-state index < -0.39 is 0 Å². The van der Waals surface area contributed by atoms with Crippen LogP contribution in [0.4, 0.5) is 5.82 Å². The molecule has 0 aliphatic heterocycles. The molecule has 3 aromatic heterocycles. The molecular weight excluding hydrogens is 336 g/mol. The van der Waals surface area contributed by atoms with Crippen LogP contribution in [0, 0.1) is 0 Å². The number of nitrogens with zero attached hydrogens (tertiary/aromatic N) is 3. The van der Waals surface area contributed by atoms with Gasteiger partial charge in [0.1, 0.15) is 5.82 Å². The Morgan fingerprint density at radius 3 is 2.92 bits per heavy atom. The third-order valence-electron chi connectivity index (χ3n) is 3.92. The van der Waals surface area contributed by atoms with Crippen molar-refractivity contribution in [3.63, 3.8) is 0 Å². The lowest BCUT2D eigenvalue weighted by atomic mass is 10.1. The average molecular weight is 349 g/mol. The second kappa shape index (κ2) is 6.45. The van der Waals surface area contributed by atoms with Crippen molar-refractivity contribution in [2.75, 3.05) is 5.32 Å². The molecule has 0 saturated heterocycles. The zero-order chi connectivity index (χ0) is 17.2. The van der Waals surface area contributed by atoms with Gasteiger partial charge in [0, 0.05) is 36.1 Å². The molecule has 0 spiro atoms. The van der Waals surface area contributed by atoms with E-state index in [0.717, 1.165) is 28.9 Å². The molecule has 5 nitrogen and oxygen atoms in total. The number of nitrogens with one attached hydrogen (secondary N) is 1. The van der Waals surface area contributed by atoms with Crippen molar-refractivity contribution in [3.05, 3.63) is 88.6 Å². The van der Waals surface area contributed by atoms with E-state index in [-0.39, 0.29) is 5.91 Å². The van der Waals surface area contributed by atoms with Gasteiger partial charge in [0.15, 0.2) is 0 Å². The van der Waals surface area contributed by atoms with Gasteiger partial charge in [-0.1, -0.05) is 23.7 Å². The van der Waals surface area contributed by atoms with Crippen molar-refractivity contribution in [2.24, 2.45) is 0 Å². The van der Waals surface area contributed by atoms with Crippen LogP contribution >= 0.6 is 11.6 Å². The summed E-state index contributed by atoms with van der Waals surface area (Å²) in [6.07, 6.45) is 7.61. The maximum absolute atomic E-state index is 12.3. The highest BCUT2D eigenvalue weighted by atomic mass is 35.5. The summed E-state index contributed by atoms with van der Waals surface area (Å²) < 4.78 is 0. The first-order valence-corrected chi connectivity index (χ1v) is 8.12. The Bertz CT molecular complexity index is 986. The smallest absolute Gasteiger partial charge is 0.258 e. The molecule has 4 rings (SSSR count). The third-order valence-corrected chi connectivity index (χ3v) is 4.12. The molecule has 25 heavy (non-hydrogen) atoms. The minimum absolute atomic E-state index is 0.247. The van der Waals surface area contributed by atoms with Gasteiger partial charge in [0.25, 0.3) is 5.91 Å². The van der Waals surface area contributed by atoms with Crippen molar-refractivity contribution < 1.29 is 4.79 Å².